The smallest absolute Gasteiger partial charge is 0.399 e. The first-order valence-corrected chi connectivity index (χ1v) is 6.15. The van der Waals surface area contributed by atoms with Gasteiger partial charge in [0.05, 0.1) is 11.3 Å². The molecule has 106 valence electrons. The molecular weight excluding hydrogens is 289 g/mol. The zero-order valence-corrected chi connectivity index (χ0v) is 11.3. The van der Waals surface area contributed by atoms with E-state index in [9.17, 15) is 13.2 Å². The fourth-order valence-corrected chi connectivity index (χ4v) is 1.94. The Labute approximate surface area is 119 Å². The van der Waals surface area contributed by atoms with Crippen LogP contribution in [0.15, 0.2) is 36.4 Å². The van der Waals surface area contributed by atoms with Crippen LogP contribution < -0.4 is 11.1 Å². The number of hydrogen-bond acceptors (Lipinski definition) is 2. The summed E-state index contributed by atoms with van der Waals surface area (Å²) in [5, 5.41) is 2.78. The molecule has 0 radical (unpaired) electrons. The highest BCUT2D eigenvalue weighted by atomic mass is 35.5. The van der Waals surface area contributed by atoms with Crippen LogP contribution in [0.2, 0.25) is 5.02 Å². The van der Waals surface area contributed by atoms with Gasteiger partial charge in [-0.3, -0.25) is 0 Å². The summed E-state index contributed by atoms with van der Waals surface area (Å²) in [5.41, 5.74) is 6.73. The molecule has 3 N–H and O–H groups in total. The molecule has 0 unspecified atom stereocenters. The zero-order chi connectivity index (χ0) is 14.9. The Morgan fingerprint density at radius 1 is 1.10 bits per heavy atom. The van der Waals surface area contributed by atoms with Crippen molar-refractivity contribution in [1.29, 1.82) is 0 Å². The highest BCUT2D eigenvalue weighted by Gasteiger charge is 2.33. The largest absolute Gasteiger partial charge is 0.418 e. The van der Waals surface area contributed by atoms with Crippen molar-refractivity contribution in [2.24, 2.45) is 0 Å². The quantitative estimate of drug-likeness (QED) is 0.767. The summed E-state index contributed by atoms with van der Waals surface area (Å²) in [6, 6.07) is 8.55. The Morgan fingerprint density at radius 2 is 1.80 bits per heavy atom. The Bertz CT molecular complexity index is 639. The summed E-state index contributed by atoms with van der Waals surface area (Å²) in [6.07, 6.45) is -4.48. The maximum Gasteiger partial charge on any atom is 0.418 e. The van der Waals surface area contributed by atoms with E-state index in [0.717, 1.165) is 11.6 Å². The molecule has 20 heavy (non-hydrogen) atoms. The van der Waals surface area contributed by atoms with Gasteiger partial charge in [0.2, 0.25) is 0 Å². The fourth-order valence-electron chi connectivity index (χ4n) is 1.77. The van der Waals surface area contributed by atoms with Crippen molar-refractivity contribution in [2.45, 2.75) is 13.1 Å². The van der Waals surface area contributed by atoms with Crippen molar-refractivity contribution in [1.82, 2.24) is 0 Å². The van der Waals surface area contributed by atoms with Gasteiger partial charge < -0.3 is 11.1 Å². The summed E-state index contributed by atoms with van der Waals surface area (Å²) in [7, 11) is 0. The first-order chi connectivity index (χ1) is 9.27. The maximum absolute atomic E-state index is 13.0. The Balaban J connectivity index is 2.40. The Kier molecular flexibility index (Phi) is 3.81. The molecule has 2 nitrogen and oxygen atoms in total. The first kappa shape index (κ1) is 14.5. The molecule has 0 saturated heterocycles. The van der Waals surface area contributed by atoms with E-state index in [4.69, 9.17) is 17.3 Å². The molecule has 0 bridgehead atoms. The standard InChI is InChI=1S/C14H12ClF3N2/c1-8-6-10(3-4-12(8)19)20-13-5-2-9(15)7-11(13)14(16,17)18/h2-7,20H,19H2,1H3. The van der Waals surface area contributed by atoms with Gasteiger partial charge in [-0.2, -0.15) is 13.2 Å². The highest BCUT2D eigenvalue weighted by molar-refractivity contribution is 6.30. The zero-order valence-electron chi connectivity index (χ0n) is 10.6. The SMILES string of the molecule is Cc1cc(Nc2ccc(Cl)cc2C(F)(F)F)ccc1N. The van der Waals surface area contributed by atoms with Crippen LogP contribution in [0.1, 0.15) is 11.1 Å². The monoisotopic (exact) mass is 300 g/mol. The number of alkyl halides is 3. The van der Waals surface area contributed by atoms with E-state index in [1.165, 1.54) is 12.1 Å². The van der Waals surface area contributed by atoms with E-state index in [1.54, 1.807) is 25.1 Å². The molecule has 0 aromatic heterocycles. The predicted octanol–water partition coefficient (Wildman–Crippen LogP) is 4.99. The van der Waals surface area contributed by atoms with Crippen LogP contribution in [0.5, 0.6) is 0 Å². The summed E-state index contributed by atoms with van der Waals surface area (Å²) in [4.78, 5) is 0. The minimum atomic E-state index is -4.48. The minimum Gasteiger partial charge on any atom is -0.399 e. The lowest BCUT2D eigenvalue weighted by atomic mass is 10.1. The minimum absolute atomic E-state index is 0.0383. The van der Waals surface area contributed by atoms with E-state index in [-0.39, 0.29) is 10.7 Å². The molecule has 0 aliphatic heterocycles. The molecule has 0 heterocycles. The number of nitrogens with two attached hydrogens (primary N) is 1. The third-order valence-corrected chi connectivity index (χ3v) is 3.07. The summed E-state index contributed by atoms with van der Waals surface area (Å²) in [5.74, 6) is 0. The number of halogens is 4. The van der Waals surface area contributed by atoms with E-state index >= 15 is 0 Å². The molecule has 2 aromatic carbocycles. The van der Waals surface area contributed by atoms with Crippen LogP contribution >= 0.6 is 11.6 Å². The molecule has 0 aliphatic rings. The van der Waals surface area contributed by atoms with Crippen LogP contribution in [-0.4, -0.2) is 0 Å². The van der Waals surface area contributed by atoms with Gasteiger partial charge in [-0.1, -0.05) is 11.6 Å². The average Bonchev–Trinajstić information content (AvgIpc) is 2.35. The normalized spacial score (nSPS) is 11.4. The molecule has 0 fully saturated rings. The number of hydrogen-bond donors (Lipinski definition) is 2. The van der Waals surface area contributed by atoms with Crippen LogP contribution in [0.3, 0.4) is 0 Å². The van der Waals surface area contributed by atoms with Gasteiger partial charge in [-0.15, -0.1) is 0 Å². The number of anilines is 3. The lowest BCUT2D eigenvalue weighted by Gasteiger charge is -2.15. The molecule has 0 saturated carbocycles. The van der Waals surface area contributed by atoms with Crippen molar-refractivity contribution in [3.8, 4) is 0 Å². The van der Waals surface area contributed by atoms with Gasteiger partial charge in [0.1, 0.15) is 0 Å². The summed E-state index contributed by atoms with van der Waals surface area (Å²) >= 11 is 5.63. The summed E-state index contributed by atoms with van der Waals surface area (Å²) < 4.78 is 38.9. The number of rotatable bonds is 2. The van der Waals surface area contributed by atoms with Crippen LogP contribution in [-0.2, 0) is 6.18 Å². The average molecular weight is 301 g/mol. The lowest BCUT2D eigenvalue weighted by Crippen LogP contribution is -2.09. The van der Waals surface area contributed by atoms with E-state index in [0.29, 0.717) is 11.4 Å². The number of aryl methyl sites for hydroxylation is 1. The van der Waals surface area contributed by atoms with Gasteiger partial charge in [0.15, 0.2) is 0 Å². The second-order valence-electron chi connectivity index (χ2n) is 4.38. The molecule has 6 heteroatoms. The van der Waals surface area contributed by atoms with Crippen molar-refractivity contribution >= 4 is 28.7 Å². The number of nitrogens with one attached hydrogen (secondary N) is 1. The van der Waals surface area contributed by atoms with Crippen LogP contribution in [0, 0.1) is 6.92 Å². The number of nitrogen functional groups attached to an aromatic ring is 1. The van der Waals surface area contributed by atoms with Crippen LogP contribution in [0.25, 0.3) is 0 Å². The number of benzene rings is 2. The van der Waals surface area contributed by atoms with Crippen molar-refractivity contribution in [2.75, 3.05) is 11.1 Å². The van der Waals surface area contributed by atoms with Gasteiger partial charge in [-0.05, 0) is 48.9 Å². The molecule has 0 atom stereocenters. The van der Waals surface area contributed by atoms with E-state index in [1.807, 2.05) is 0 Å². The molecular formula is C14H12ClF3N2. The second-order valence-corrected chi connectivity index (χ2v) is 4.82. The van der Waals surface area contributed by atoms with Crippen molar-refractivity contribution in [3.63, 3.8) is 0 Å². The molecule has 0 amide bonds. The highest BCUT2D eigenvalue weighted by Crippen LogP contribution is 2.37. The lowest BCUT2D eigenvalue weighted by molar-refractivity contribution is -0.136. The Hall–Kier alpha value is -1.88. The van der Waals surface area contributed by atoms with Gasteiger partial charge in [0, 0.05) is 16.4 Å². The van der Waals surface area contributed by atoms with Crippen molar-refractivity contribution in [3.05, 3.63) is 52.5 Å². The molecule has 0 spiro atoms. The van der Waals surface area contributed by atoms with E-state index in [2.05, 4.69) is 5.32 Å². The van der Waals surface area contributed by atoms with Crippen molar-refractivity contribution < 1.29 is 13.2 Å². The van der Waals surface area contributed by atoms with Gasteiger partial charge in [0.25, 0.3) is 0 Å². The van der Waals surface area contributed by atoms with Crippen LogP contribution in [0.4, 0.5) is 30.2 Å². The topological polar surface area (TPSA) is 38.0 Å². The maximum atomic E-state index is 13.0. The second kappa shape index (κ2) is 5.25. The third-order valence-electron chi connectivity index (χ3n) is 2.84. The predicted molar refractivity (Wildman–Crippen MR) is 75.3 cm³/mol. The summed E-state index contributed by atoms with van der Waals surface area (Å²) in [6.45, 7) is 1.78. The fraction of sp³-hybridized carbons (Fsp3) is 0.143. The molecule has 0 aliphatic carbocycles. The van der Waals surface area contributed by atoms with E-state index < -0.39 is 11.7 Å². The van der Waals surface area contributed by atoms with Gasteiger partial charge in [-0.25, -0.2) is 0 Å². The third kappa shape index (κ3) is 3.17. The van der Waals surface area contributed by atoms with Gasteiger partial charge >= 0.3 is 6.18 Å². The molecule has 2 aromatic rings. The molecule has 2 rings (SSSR count). The Morgan fingerprint density at radius 3 is 2.40 bits per heavy atom. The first-order valence-electron chi connectivity index (χ1n) is 5.77.